The molecule has 3 unspecified atom stereocenters. The Morgan fingerprint density at radius 3 is 2.49 bits per heavy atom. The molecule has 0 amide bonds. The standard InChI is InChI=1S/C30H46O5/c1-17(2)18(3)10-11-19(4)22-12-13-23-21-15-26(35-20(5)31)30(34)14-8-9-25(33)29(30,7)27(21)24(32)16-28(22,23)6/h8-11,17-19,21-24,26-27,32,34H,12-16H2,1-7H3/b11-10+/t18-,19+,21?,22+,23?,24+,26+,27?,28+,29+,30-/m0/s1. The Morgan fingerprint density at radius 2 is 1.86 bits per heavy atom. The lowest BCUT2D eigenvalue weighted by Gasteiger charge is -2.64. The molecule has 5 heteroatoms. The van der Waals surface area contributed by atoms with Gasteiger partial charge in [-0.25, -0.2) is 0 Å². The largest absolute Gasteiger partial charge is 0.459 e. The smallest absolute Gasteiger partial charge is 0.303 e. The highest BCUT2D eigenvalue weighted by atomic mass is 16.6. The highest BCUT2D eigenvalue weighted by Crippen LogP contribution is 2.68. The number of carbonyl (C=O) groups excluding carboxylic acids is 2. The molecule has 2 N–H and O–H groups in total. The van der Waals surface area contributed by atoms with Gasteiger partial charge in [-0.05, 0) is 86.0 Å². The van der Waals surface area contributed by atoms with Crippen LogP contribution in [0.2, 0.25) is 0 Å². The van der Waals surface area contributed by atoms with Gasteiger partial charge < -0.3 is 14.9 Å². The van der Waals surface area contributed by atoms with E-state index in [4.69, 9.17) is 4.74 Å². The molecular formula is C30H46O5. The topological polar surface area (TPSA) is 83.8 Å². The molecule has 0 radical (unpaired) electrons. The summed E-state index contributed by atoms with van der Waals surface area (Å²) in [5, 5.41) is 23.6. The lowest BCUT2D eigenvalue weighted by Crippen LogP contribution is -2.72. The van der Waals surface area contributed by atoms with E-state index in [1.165, 1.54) is 6.92 Å². The SMILES string of the molecule is CC(=O)O[C@@H]1CC2C3CC[C@H]([C@H](C)/C=C/[C@H](C)C(C)C)[C@@]3(C)C[C@@H](O)C2[C@@]2(C)C(=O)C=CC[C@]12O. The van der Waals surface area contributed by atoms with E-state index in [-0.39, 0.29) is 29.5 Å². The van der Waals surface area contributed by atoms with E-state index in [1.54, 1.807) is 12.2 Å². The molecule has 3 saturated carbocycles. The third-order valence-electron chi connectivity index (χ3n) is 11.0. The molecule has 4 aliphatic carbocycles. The highest BCUT2D eigenvalue weighted by molar-refractivity contribution is 5.97. The summed E-state index contributed by atoms with van der Waals surface area (Å²) in [5.41, 5.74) is -2.74. The first-order valence-corrected chi connectivity index (χ1v) is 13.7. The number of rotatable bonds is 5. The number of carbonyl (C=O) groups is 2. The maximum Gasteiger partial charge on any atom is 0.303 e. The second-order valence-electron chi connectivity index (χ2n) is 13.0. The summed E-state index contributed by atoms with van der Waals surface area (Å²) in [6.07, 6.45) is 10.1. The molecule has 0 aliphatic heterocycles. The Bertz CT molecular complexity index is 906. The van der Waals surface area contributed by atoms with Crippen molar-refractivity contribution in [3.63, 3.8) is 0 Å². The number of hydrogen-bond acceptors (Lipinski definition) is 5. The Balaban J connectivity index is 1.70. The van der Waals surface area contributed by atoms with E-state index in [1.807, 2.05) is 6.92 Å². The molecule has 0 bridgehead atoms. The average Bonchev–Trinajstić information content (AvgIpc) is 3.10. The van der Waals surface area contributed by atoms with Crippen LogP contribution in [0.25, 0.3) is 0 Å². The first-order valence-electron chi connectivity index (χ1n) is 13.7. The van der Waals surface area contributed by atoms with Crippen LogP contribution in [0.5, 0.6) is 0 Å². The number of fused-ring (bicyclic) bond motifs is 5. The molecule has 0 aromatic heterocycles. The van der Waals surface area contributed by atoms with Crippen LogP contribution in [0.1, 0.15) is 80.6 Å². The normalized spacial score (nSPS) is 46.7. The number of aliphatic hydroxyl groups is 2. The number of ether oxygens (including phenoxy) is 1. The number of hydrogen-bond donors (Lipinski definition) is 2. The van der Waals surface area contributed by atoms with Gasteiger partial charge in [-0.2, -0.15) is 0 Å². The summed E-state index contributed by atoms with van der Waals surface area (Å²) < 4.78 is 5.74. The fourth-order valence-corrected chi connectivity index (χ4v) is 8.76. The quantitative estimate of drug-likeness (QED) is 0.417. The monoisotopic (exact) mass is 486 g/mol. The number of allylic oxidation sites excluding steroid dienone is 3. The van der Waals surface area contributed by atoms with Crippen molar-refractivity contribution in [3.8, 4) is 0 Å². The van der Waals surface area contributed by atoms with Gasteiger partial charge in [0.1, 0.15) is 11.7 Å². The third-order valence-corrected chi connectivity index (χ3v) is 11.0. The highest BCUT2D eigenvalue weighted by Gasteiger charge is 2.71. The van der Waals surface area contributed by atoms with Gasteiger partial charge in [-0.15, -0.1) is 0 Å². The summed E-state index contributed by atoms with van der Waals surface area (Å²) in [5.74, 6) is 1.36. The van der Waals surface area contributed by atoms with Gasteiger partial charge in [0.15, 0.2) is 5.78 Å². The van der Waals surface area contributed by atoms with Gasteiger partial charge in [0.2, 0.25) is 0 Å². The molecule has 0 saturated heterocycles. The van der Waals surface area contributed by atoms with Crippen LogP contribution in [0.4, 0.5) is 0 Å². The molecule has 0 spiro atoms. The van der Waals surface area contributed by atoms with Crippen molar-refractivity contribution < 1.29 is 24.5 Å². The van der Waals surface area contributed by atoms with Crippen molar-refractivity contribution in [2.75, 3.05) is 0 Å². The van der Waals surface area contributed by atoms with Crippen molar-refractivity contribution in [2.24, 2.45) is 52.3 Å². The van der Waals surface area contributed by atoms with Gasteiger partial charge in [-0.1, -0.05) is 52.8 Å². The molecule has 3 fully saturated rings. The van der Waals surface area contributed by atoms with Crippen molar-refractivity contribution in [1.29, 1.82) is 0 Å². The minimum absolute atomic E-state index is 0.0181. The minimum atomic E-state index is -1.50. The van der Waals surface area contributed by atoms with Crippen molar-refractivity contribution in [1.82, 2.24) is 0 Å². The Labute approximate surface area is 211 Å². The minimum Gasteiger partial charge on any atom is -0.459 e. The number of esters is 1. The van der Waals surface area contributed by atoms with E-state index < -0.39 is 29.2 Å². The van der Waals surface area contributed by atoms with Crippen LogP contribution in [0.15, 0.2) is 24.3 Å². The first kappa shape index (κ1) is 26.6. The van der Waals surface area contributed by atoms with Gasteiger partial charge >= 0.3 is 5.97 Å². The predicted molar refractivity (Wildman–Crippen MR) is 136 cm³/mol. The zero-order valence-corrected chi connectivity index (χ0v) is 22.7. The number of ketones is 1. The molecule has 35 heavy (non-hydrogen) atoms. The Morgan fingerprint density at radius 1 is 1.17 bits per heavy atom. The summed E-state index contributed by atoms with van der Waals surface area (Å²) in [6, 6.07) is 0. The van der Waals surface area contributed by atoms with Crippen molar-refractivity contribution in [3.05, 3.63) is 24.3 Å². The molecule has 0 aromatic rings. The maximum absolute atomic E-state index is 13.4. The lowest BCUT2D eigenvalue weighted by molar-refractivity contribution is -0.256. The average molecular weight is 487 g/mol. The molecule has 0 heterocycles. The third kappa shape index (κ3) is 3.96. The molecule has 0 aromatic carbocycles. The van der Waals surface area contributed by atoms with Gasteiger partial charge in [-0.3, -0.25) is 9.59 Å². The van der Waals surface area contributed by atoms with E-state index in [0.29, 0.717) is 42.4 Å². The molecular weight excluding hydrogens is 440 g/mol. The lowest BCUT2D eigenvalue weighted by atomic mass is 9.42. The van der Waals surface area contributed by atoms with E-state index >= 15 is 0 Å². The summed E-state index contributed by atoms with van der Waals surface area (Å²) >= 11 is 0. The van der Waals surface area contributed by atoms with E-state index in [2.05, 4.69) is 46.8 Å². The van der Waals surface area contributed by atoms with E-state index in [0.717, 1.165) is 12.8 Å². The van der Waals surface area contributed by atoms with Crippen LogP contribution in [-0.4, -0.2) is 39.8 Å². The molecule has 4 aliphatic rings. The van der Waals surface area contributed by atoms with Crippen LogP contribution in [-0.2, 0) is 14.3 Å². The summed E-state index contributed by atoms with van der Waals surface area (Å²) in [4.78, 5) is 25.5. The second kappa shape index (κ2) is 9.13. The number of aliphatic hydroxyl groups excluding tert-OH is 1. The fourth-order valence-electron chi connectivity index (χ4n) is 8.76. The molecule has 11 atom stereocenters. The van der Waals surface area contributed by atoms with Crippen molar-refractivity contribution in [2.45, 2.75) is 98.4 Å². The Hall–Kier alpha value is -1.46. The molecule has 5 nitrogen and oxygen atoms in total. The van der Waals surface area contributed by atoms with Gasteiger partial charge in [0.25, 0.3) is 0 Å². The van der Waals surface area contributed by atoms with Gasteiger partial charge in [0.05, 0.1) is 11.5 Å². The van der Waals surface area contributed by atoms with Crippen LogP contribution in [0, 0.1) is 52.3 Å². The summed E-state index contributed by atoms with van der Waals surface area (Å²) in [7, 11) is 0. The molecule has 4 rings (SSSR count). The van der Waals surface area contributed by atoms with Crippen LogP contribution in [0.3, 0.4) is 0 Å². The Kier molecular flexibility index (Phi) is 6.94. The fraction of sp³-hybridized carbons (Fsp3) is 0.800. The maximum atomic E-state index is 13.4. The van der Waals surface area contributed by atoms with Crippen LogP contribution >= 0.6 is 0 Å². The predicted octanol–water partition coefficient (Wildman–Crippen LogP) is 5.10. The first-order chi connectivity index (χ1) is 16.3. The summed E-state index contributed by atoms with van der Waals surface area (Å²) in [6.45, 7) is 14.6. The van der Waals surface area contributed by atoms with Crippen LogP contribution < -0.4 is 0 Å². The zero-order valence-electron chi connectivity index (χ0n) is 22.7. The van der Waals surface area contributed by atoms with Crippen molar-refractivity contribution >= 4 is 11.8 Å². The zero-order chi connectivity index (χ0) is 25.9. The van der Waals surface area contributed by atoms with Gasteiger partial charge in [0, 0.05) is 12.8 Å². The van der Waals surface area contributed by atoms with E-state index in [9.17, 15) is 19.8 Å². The molecule has 196 valence electrons. The second-order valence-corrected chi connectivity index (χ2v) is 13.0.